The number of nitrogens with one attached hydrogen (secondary N) is 1. The van der Waals surface area contributed by atoms with Gasteiger partial charge < -0.3 is 14.8 Å². The first-order valence-electron chi connectivity index (χ1n) is 9.89. The van der Waals surface area contributed by atoms with Gasteiger partial charge in [0, 0.05) is 0 Å². The van der Waals surface area contributed by atoms with E-state index in [-0.39, 0.29) is 24.6 Å². The molecule has 0 aliphatic carbocycles. The van der Waals surface area contributed by atoms with Gasteiger partial charge >= 0.3 is 0 Å². The number of halogens is 1. The van der Waals surface area contributed by atoms with Crippen LogP contribution < -0.4 is 19.1 Å². The van der Waals surface area contributed by atoms with Crippen LogP contribution in [-0.2, 0) is 14.8 Å². The van der Waals surface area contributed by atoms with E-state index in [1.807, 2.05) is 32.0 Å². The van der Waals surface area contributed by atoms with Crippen molar-refractivity contribution in [2.75, 3.05) is 30.8 Å². The number of aryl methyl sites for hydroxylation is 2. The van der Waals surface area contributed by atoms with Gasteiger partial charge in [0.25, 0.3) is 0 Å². The van der Waals surface area contributed by atoms with Gasteiger partial charge in [-0.3, -0.25) is 9.10 Å². The van der Waals surface area contributed by atoms with Crippen LogP contribution in [0.15, 0.2) is 36.4 Å². The molecule has 0 aliphatic rings. The van der Waals surface area contributed by atoms with E-state index in [2.05, 4.69) is 5.32 Å². The summed E-state index contributed by atoms with van der Waals surface area (Å²) in [5, 5.41) is 3.03. The molecule has 0 heterocycles. The smallest absolute Gasteiger partial charge is 0.244 e. The number of anilines is 1. The highest BCUT2D eigenvalue weighted by Gasteiger charge is 2.31. The lowest BCUT2D eigenvalue weighted by molar-refractivity contribution is -0.122. The molecule has 2 aromatic rings. The molecular weight excluding hydrogens is 440 g/mol. The number of carbonyl (C=O) groups excluding carboxylic acids is 1. The average molecular weight is 469 g/mol. The minimum atomic E-state index is -3.75. The Morgan fingerprint density at radius 2 is 1.87 bits per heavy atom. The van der Waals surface area contributed by atoms with Crippen LogP contribution in [0.1, 0.15) is 24.5 Å². The Labute approximate surface area is 189 Å². The number of carbonyl (C=O) groups is 1. The fourth-order valence-electron chi connectivity index (χ4n) is 3.17. The fourth-order valence-corrected chi connectivity index (χ4v) is 4.62. The highest BCUT2D eigenvalue weighted by Crippen LogP contribution is 2.31. The second-order valence-electron chi connectivity index (χ2n) is 7.21. The highest BCUT2D eigenvalue weighted by molar-refractivity contribution is 7.92. The van der Waals surface area contributed by atoms with Gasteiger partial charge in [0.2, 0.25) is 15.9 Å². The monoisotopic (exact) mass is 468 g/mol. The molecule has 0 spiro atoms. The van der Waals surface area contributed by atoms with E-state index in [1.54, 1.807) is 19.1 Å². The first-order valence-corrected chi connectivity index (χ1v) is 12.1. The Bertz CT molecular complexity index is 1030. The Hall–Kier alpha value is -2.45. The molecule has 0 bridgehead atoms. The number of methoxy groups -OCH3 is 1. The molecule has 0 saturated heterocycles. The molecule has 0 radical (unpaired) electrons. The third-order valence-electron chi connectivity index (χ3n) is 4.72. The van der Waals surface area contributed by atoms with Crippen LogP contribution in [0.5, 0.6) is 11.5 Å². The minimum absolute atomic E-state index is 0.240. The summed E-state index contributed by atoms with van der Waals surface area (Å²) < 4.78 is 37.0. The Balaban J connectivity index is 2.12. The van der Waals surface area contributed by atoms with Crippen LogP contribution in [0.3, 0.4) is 0 Å². The predicted molar refractivity (Wildman–Crippen MR) is 124 cm³/mol. The van der Waals surface area contributed by atoms with Gasteiger partial charge in [0.1, 0.15) is 24.1 Å². The number of benzene rings is 2. The number of rotatable bonds is 10. The van der Waals surface area contributed by atoms with Crippen molar-refractivity contribution in [2.45, 2.75) is 33.2 Å². The molecule has 1 N–H and O–H groups in total. The molecule has 0 saturated carbocycles. The largest absolute Gasteiger partial charge is 0.495 e. The minimum Gasteiger partial charge on any atom is -0.495 e. The summed E-state index contributed by atoms with van der Waals surface area (Å²) in [6.45, 7) is 6.18. The van der Waals surface area contributed by atoms with E-state index in [0.29, 0.717) is 11.4 Å². The molecule has 31 heavy (non-hydrogen) atoms. The summed E-state index contributed by atoms with van der Waals surface area (Å²) in [6, 6.07) is 9.58. The highest BCUT2D eigenvalue weighted by atomic mass is 35.5. The van der Waals surface area contributed by atoms with Crippen molar-refractivity contribution in [3.05, 3.63) is 52.5 Å². The molecule has 0 unspecified atom stereocenters. The maximum atomic E-state index is 12.8. The zero-order chi connectivity index (χ0) is 23.2. The van der Waals surface area contributed by atoms with Crippen LogP contribution in [0.2, 0.25) is 5.02 Å². The SMILES string of the molecule is CC[C@H](C(=O)NCCOc1cc(C)ccc1C)N(c1ccc(OC)c(Cl)c1)S(C)(=O)=O. The van der Waals surface area contributed by atoms with Gasteiger partial charge in [-0.25, -0.2) is 8.42 Å². The Morgan fingerprint density at radius 1 is 1.16 bits per heavy atom. The third-order valence-corrected chi connectivity index (χ3v) is 6.20. The molecule has 0 fully saturated rings. The van der Waals surface area contributed by atoms with Crippen LogP contribution in [-0.4, -0.2) is 46.9 Å². The molecule has 7 nitrogen and oxygen atoms in total. The molecule has 0 aromatic heterocycles. The summed E-state index contributed by atoms with van der Waals surface area (Å²) in [5.74, 6) is 0.760. The van der Waals surface area contributed by atoms with Gasteiger partial charge in [0.05, 0.1) is 30.6 Å². The number of hydrogen-bond donors (Lipinski definition) is 1. The zero-order valence-corrected chi connectivity index (χ0v) is 20.0. The molecule has 1 atom stereocenters. The van der Waals surface area contributed by atoms with Gasteiger partial charge in [0.15, 0.2) is 0 Å². The average Bonchev–Trinajstić information content (AvgIpc) is 2.70. The third kappa shape index (κ3) is 6.51. The van der Waals surface area contributed by atoms with Crippen LogP contribution in [0.25, 0.3) is 0 Å². The molecule has 2 rings (SSSR count). The van der Waals surface area contributed by atoms with Crippen molar-refractivity contribution in [2.24, 2.45) is 0 Å². The van der Waals surface area contributed by atoms with Gasteiger partial charge in [-0.05, 0) is 55.7 Å². The van der Waals surface area contributed by atoms with Crippen molar-refractivity contribution in [1.29, 1.82) is 0 Å². The molecular formula is C22H29ClN2O5S. The van der Waals surface area contributed by atoms with E-state index >= 15 is 0 Å². The maximum absolute atomic E-state index is 12.8. The standard InChI is InChI=1S/C22H29ClN2O5S/c1-6-19(22(26)24-11-12-30-21-13-15(2)7-8-16(21)3)25(31(5,27)28)17-9-10-20(29-4)18(23)14-17/h7-10,13-14,19H,6,11-12H2,1-5H3,(H,24,26)/t19-/m1/s1. The first kappa shape index (κ1) is 24.8. The topological polar surface area (TPSA) is 84.9 Å². The van der Waals surface area contributed by atoms with Crippen molar-refractivity contribution in [3.63, 3.8) is 0 Å². The zero-order valence-electron chi connectivity index (χ0n) is 18.4. The van der Waals surface area contributed by atoms with E-state index in [4.69, 9.17) is 21.1 Å². The summed E-state index contributed by atoms with van der Waals surface area (Å²) in [7, 11) is -2.28. The van der Waals surface area contributed by atoms with Crippen LogP contribution in [0.4, 0.5) is 5.69 Å². The van der Waals surface area contributed by atoms with Gasteiger partial charge in [-0.2, -0.15) is 0 Å². The molecule has 170 valence electrons. The van der Waals surface area contributed by atoms with Gasteiger partial charge in [-0.1, -0.05) is 30.7 Å². The maximum Gasteiger partial charge on any atom is 0.244 e. The van der Waals surface area contributed by atoms with E-state index in [9.17, 15) is 13.2 Å². The summed E-state index contributed by atoms with van der Waals surface area (Å²) in [6.07, 6.45) is 1.34. The van der Waals surface area contributed by atoms with Crippen LogP contribution in [0, 0.1) is 13.8 Å². The molecule has 1 amide bonds. The summed E-state index contributed by atoms with van der Waals surface area (Å²) in [4.78, 5) is 12.8. The number of sulfonamides is 1. The lowest BCUT2D eigenvalue weighted by Gasteiger charge is -2.30. The number of amides is 1. The lowest BCUT2D eigenvalue weighted by Crippen LogP contribution is -2.50. The quantitative estimate of drug-likeness (QED) is 0.537. The van der Waals surface area contributed by atoms with E-state index in [1.165, 1.54) is 13.2 Å². The van der Waals surface area contributed by atoms with Crippen molar-refractivity contribution in [3.8, 4) is 11.5 Å². The van der Waals surface area contributed by atoms with Gasteiger partial charge in [-0.15, -0.1) is 0 Å². The lowest BCUT2D eigenvalue weighted by atomic mass is 10.1. The second-order valence-corrected chi connectivity index (χ2v) is 9.48. The molecule has 0 aliphatic heterocycles. The Morgan fingerprint density at radius 3 is 2.45 bits per heavy atom. The summed E-state index contributed by atoms with van der Waals surface area (Å²) in [5.41, 5.74) is 2.38. The fraction of sp³-hybridized carbons (Fsp3) is 0.409. The van der Waals surface area contributed by atoms with Crippen molar-refractivity contribution >= 4 is 33.2 Å². The summed E-state index contributed by atoms with van der Waals surface area (Å²) >= 11 is 6.17. The van der Waals surface area contributed by atoms with Crippen molar-refractivity contribution < 1.29 is 22.7 Å². The predicted octanol–water partition coefficient (Wildman–Crippen LogP) is 3.71. The van der Waals surface area contributed by atoms with Crippen molar-refractivity contribution in [1.82, 2.24) is 5.32 Å². The number of nitrogens with zero attached hydrogens (tertiary/aromatic N) is 1. The van der Waals surface area contributed by atoms with E-state index in [0.717, 1.165) is 27.4 Å². The second kappa shape index (κ2) is 10.7. The molecule has 2 aromatic carbocycles. The van der Waals surface area contributed by atoms with Crippen LogP contribution >= 0.6 is 11.6 Å². The normalized spacial score (nSPS) is 12.2. The number of hydrogen-bond acceptors (Lipinski definition) is 5. The van der Waals surface area contributed by atoms with E-state index < -0.39 is 22.0 Å². The number of ether oxygens (including phenoxy) is 2. The molecule has 9 heteroatoms. The first-order chi connectivity index (χ1) is 14.6. The Kier molecular flexibility index (Phi) is 8.59.